The quantitative estimate of drug-likeness (QED) is 0.385. The number of likely N-dealkylation sites (tertiary alicyclic amines) is 1. The third kappa shape index (κ3) is 5.05. The number of carbonyl (C=O) groups is 2. The van der Waals surface area contributed by atoms with Crippen LogP contribution in [-0.4, -0.2) is 86.6 Å². The molecule has 1 aliphatic rings. The van der Waals surface area contributed by atoms with Gasteiger partial charge in [0.2, 0.25) is 0 Å². The van der Waals surface area contributed by atoms with Gasteiger partial charge in [0.1, 0.15) is 11.4 Å². The van der Waals surface area contributed by atoms with Gasteiger partial charge in [-0.2, -0.15) is 5.10 Å². The lowest BCUT2D eigenvalue weighted by molar-refractivity contribution is 0.0702. The van der Waals surface area contributed by atoms with Crippen molar-refractivity contribution < 1.29 is 14.3 Å². The third-order valence-electron chi connectivity index (χ3n) is 6.71. The summed E-state index contributed by atoms with van der Waals surface area (Å²) in [5, 5.41) is 4.41. The monoisotopic (exact) mass is 499 g/mol. The number of amides is 2. The molecule has 4 heterocycles. The summed E-state index contributed by atoms with van der Waals surface area (Å²) < 4.78 is 6.66. The second kappa shape index (κ2) is 10.8. The zero-order valence-corrected chi connectivity index (χ0v) is 20.9. The highest BCUT2D eigenvalue weighted by molar-refractivity contribution is 5.99. The highest BCUT2D eigenvalue weighted by Crippen LogP contribution is 2.30. The molecule has 0 atom stereocenters. The predicted molar refractivity (Wildman–Crippen MR) is 137 cm³/mol. The molecule has 190 valence electrons. The molecule has 0 radical (unpaired) electrons. The van der Waals surface area contributed by atoms with Crippen LogP contribution < -0.4 is 0 Å². The van der Waals surface area contributed by atoms with Crippen molar-refractivity contribution in [3.05, 3.63) is 78.1 Å². The molecule has 10 nitrogen and oxygen atoms in total. The number of aromatic nitrogens is 5. The minimum atomic E-state index is -0.188. The molecule has 5 rings (SSSR count). The number of imidazole rings is 1. The molecular formula is C27H29N7O3. The summed E-state index contributed by atoms with van der Waals surface area (Å²) in [5.41, 5.74) is 3.77. The second-order valence-corrected chi connectivity index (χ2v) is 9.08. The number of likely N-dealkylation sites (N-methyl/N-ethyl adjacent to an activating group) is 1. The molecule has 0 unspecified atom stereocenters. The van der Waals surface area contributed by atoms with Crippen LogP contribution >= 0.6 is 0 Å². The molecule has 10 heteroatoms. The maximum absolute atomic E-state index is 13.7. The molecule has 1 aromatic carbocycles. The number of piperidine rings is 1. The van der Waals surface area contributed by atoms with Crippen molar-refractivity contribution in [3.8, 4) is 11.3 Å². The van der Waals surface area contributed by atoms with E-state index in [4.69, 9.17) is 9.72 Å². The molecule has 0 N–H and O–H groups in total. The van der Waals surface area contributed by atoms with Gasteiger partial charge in [-0.3, -0.25) is 14.6 Å². The van der Waals surface area contributed by atoms with Crippen LogP contribution in [0.3, 0.4) is 0 Å². The summed E-state index contributed by atoms with van der Waals surface area (Å²) in [4.78, 5) is 43.2. The largest absolute Gasteiger partial charge is 0.383 e. The van der Waals surface area contributed by atoms with E-state index >= 15 is 0 Å². The Kier molecular flexibility index (Phi) is 7.18. The van der Waals surface area contributed by atoms with Crippen LogP contribution in [0, 0.1) is 0 Å². The van der Waals surface area contributed by atoms with E-state index in [9.17, 15) is 9.59 Å². The fourth-order valence-corrected chi connectivity index (χ4v) is 4.59. The lowest BCUT2D eigenvalue weighted by atomic mass is 9.93. The first-order valence-electron chi connectivity index (χ1n) is 12.3. The van der Waals surface area contributed by atoms with Crippen molar-refractivity contribution in [1.82, 2.24) is 34.4 Å². The normalized spacial score (nSPS) is 14.2. The molecule has 1 aliphatic heterocycles. The van der Waals surface area contributed by atoms with Crippen molar-refractivity contribution in [2.75, 3.05) is 40.4 Å². The minimum Gasteiger partial charge on any atom is -0.383 e. The maximum Gasteiger partial charge on any atom is 0.274 e. The Bertz CT molecular complexity index is 1380. The van der Waals surface area contributed by atoms with Crippen molar-refractivity contribution >= 4 is 17.5 Å². The first-order chi connectivity index (χ1) is 18.1. The van der Waals surface area contributed by atoms with Crippen LogP contribution in [0.4, 0.5) is 0 Å². The van der Waals surface area contributed by atoms with Gasteiger partial charge in [-0.1, -0.05) is 30.3 Å². The molecule has 4 aromatic rings. The number of fused-ring (bicyclic) bond motifs is 1. The Balaban J connectivity index is 1.29. The van der Waals surface area contributed by atoms with Gasteiger partial charge in [0.05, 0.1) is 18.5 Å². The van der Waals surface area contributed by atoms with Crippen molar-refractivity contribution in [3.63, 3.8) is 0 Å². The molecule has 0 spiro atoms. The fraction of sp³-hybridized carbons (Fsp3) is 0.333. The second-order valence-electron chi connectivity index (χ2n) is 9.08. The Morgan fingerprint density at radius 3 is 2.54 bits per heavy atom. The number of carbonyl (C=O) groups excluding carboxylic acids is 2. The van der Waals surface area contributed by atoms with E-state index in [-0.39, 0.29) is 17.7 Å². The molecule has 0 saturated carbocycles. The van der Waals surface area contributed by atoms with Crippen LogP contribution in [0.5, 0.6) is 0 Å². The highest BCUT2D eigenvalue weighted by atomic mass is 16.5. The third-order valence-corrected chi connectivity index (χ3v) is 6.71. The van der Waals surface area contributed by atoms with Gasteiger partial charge in [-0.05, 0) is 25.0 Å². The van der Waals surface area contributed by atoms with Gasteiger partial charge in [0.15, 0.2) is 11.3 Å². The topological polar surface area (TPSA) is 106 Å². The first kappa shape index (κ1) is 24.5. The average Bonchev–Trinajstić information content (AvgIpc) is 3.35. The zero-order chi connectivity index (χ0) is 25.8. The SMILES string of the molecule is COCCN(C)C(=O)c1cnc(C2CCN(C(=O)c3c(-c4ccccc4)nc4cccnn34)CC2)cn1. The number of ether oxygens (including phenoxy) is 1. The first-order valence-corrected chi connectivity index (χ1v) is 12.3. The summed E-state index contributed by atoms with van der Waals surface area (Å²) in [6.45, 7) is 2.11. The molecule has 37 heavy (non-hydrogen) atoms. The molecular weight excluding hydrogens is 470 g/mol. The number of methoxy groups -OCH3 is 1. The summed E-state index contributed by atoms with van der Waals surface area (Å²) in [6.07, 6.45) is 6.39. The maximum atomic E-state index is 13.7. The van der Waals surface area contributed by atoms with Gasteiger partial charge < -0.3 is 14.5 Å². The Morgan fingerprint density at radius 1 is 1.05 bits per heavy atom. The molecule has 0 bridgehead atoms. The average molecular weight is 500 g/mol. The van der Waals surface area contributed by atoms with E-state index in [1.54, 1.807) is 36.0 Å². The summed E-state index contributed by atoms with van der Waals surface area (Å²) >= 11 is 0. The Hall–Kier alpha value is -4.18. The zero-order valence-electron chi connectivity index (χ0n) is 20.9. The number of rotatable bonds is 7. The number of hydrogen-bond donors (Lipinski definition) is 0. The lowest BCUT2D eigenvalue weighted by Gasteiger charge is -2.31. The number of nitrogens with zero attached hydrogens (tertiary/aromatic N) is 7. The molecule has 1 saturated heterocycles. The van der Waals surface area contributed by atoms with Gasteiger partial charge >= 0.3 is 0 Å². The van der Waals surface area contributed by atoms with Crippen molar-refractivity contribution in [2.45, 2.75) is 18.8 Å². The highest BCUT2D eigenvalue weighted by Gasteiger charge is 2.30. The number of benzene rings is 1. The predicted octanol–water partition coefficient (Wildman–Crippen LogP) is 2.92. The van der Waals surface area contributed by atoms with Crippen molar-refractivity contribution in [1.29, 1.82) is 0 Å². The van der Waals surface area contributed by atoms with Crippen LogP contribution in [-0.2, 0) is 4.74 Å². The van der Waals surface area contributed by atoms with Gasteiger partial charge in [0, 0.05) is 57.7 Å². The van der Waals surface area contributed by atoms with E-state index in [1.807, 2.05) is 47.4 Å². The van der Waals surface area contributed by atoms with E-state index in [0.29, 0.717) is 49.0 Å². The van der Waals surface area contributed by atoms with E-state index in [2.05, 4.69) is 15.1 Å². The van der Waals surface area contributed by atoms with Crippen LogP contribution in [0.15, 0.2) is 61.1 Å². The van der Waals surface area contributed by atoms with Crippen LogP contribution in [0.1, 0.15) is 45.4 Å². The van der Waals surface area contributed by atoms with Gasteiger partial charge in [-0.15, -0.1) is 0 Å². The standard InChI is InChI=1S/C27H29N7O3/c1-32(15-16-37-2)26(35)22-18-28-21(17-29-22)19-10-13-33(14-11-19)27(36)25-24(20-7-4-3-5-8-20)31-23-9-6-12-30-34(23)25/h3-9,12,17-19H,10-11,13-16H2,1-2H3. The van der Waals surface area contributed by atoms with Crippen LogP contribution in [0.2, 0.25) is 0 Å². The Labute approximate surface area is 214 Å². The van der Waals surface area contributed by atoms with E-state index in [1.165, 1.54) is 6.20 Å². The van der Waals surface area contributed by atoms with E-state index in [0.717, 1.165) is 24.1 Å². The molecule has 3 aromatic heterocycles. The molecule has 0 aliphatic carbocycles. The summed E-state index contributed by atoms with van der Waals surface area (Å²) in [7, 11) is 3.31. The lowest BCUT2D eigenvalue weighted by Crippen LogP contribution is -2.39. The minimum absolute atomic E-state index is 0.0883. The number of hydrogen-bond acceptors (Lipinski definition) is 7. The summed E-state index contributed by atoms with van der Waals surface area (Å²) in [6, 6.07) is 13.4. The van der Waals surface area contributed by atoms with Crippen molar-refractivity contribution in [2.24, 2.45) is 0 Å². The van der Waals surface area contributed by atoms with Gasteiger partial charge in [-0.25, -0.2) is 14.5 Å². The smallest absolute Gasteiger partial charge is 0.274 e. The molecule has 1 fully saturated rings. The molecule has 2 amide bonds. The summed E-state index contributed by atoms with van der Waals surface area (Å²) in [5.74, 6) is -0.108. The van der Waals surface area contributed by atoms with Crippen LogP contribution in [0.25, 0.3) is 16.9 Å². The fourth-order valence-electron chi connectivity index (χ4n) is 4.59. The Morgan fingerprint density at radius 2 is 1.84 bits per heavy atom. The van der Waals surface area contributed by atoms with E-state index < -0.39 is 0 Å². The van der Waals surface area contributed by atoms with Gasteiger partial charge in [0.25, 0.3) is 11.8 Å².